The monoisotopic (exact) mass is 286 g/mol. The fourth-order valence-electron chi connectivity index (χ4n) is 1.75. The minimum absolute atomic E-state index is 0.171. The topological polar surface area (TPSA) is 59.2 Å². The first-order chi connectivity index (χ1) is 8.69. The number of nitrogens with zero attached hydrogens (tertiary/aromatic N) is 2. The molecule has 18 heavy (non-hydrogen) atoms. The van der Waals surface area contributed by atoms with Crippen LogP contribution in [-0.2, 0) is 13.0 Å². The Bertz CT molecular complexity index is 535. The average molecular weight is 287 g/mol. The van der Waals surface area contributed by atoms with Gasteiger partial charge in [-0.05, 0) is 12.5 Å². The molecule has 2 aromatic rings. The zero-order valence-corrected chi connectivity index (χ0v) is 11.3. The summed E-state index contributed by atoms with van der Waals surface area (Å²) < 4.78 is 5.24. The largest absolute Gasteiger partial charge is 0.391 e. The van der Waals surface area contributed by atoms with E-state index in [-0.39, 0.29) is 11.8 Å². The average Bonchev–Trinajstić information content (AvgIpc) is 2.72. The molecule has 0 radical (unpaired) electrons. The Morgan fingerprint density at radius 3 is 2.78 bits per heavy atom. The molecule has 0 aliphatic rings. The van der Waals surface area contributed by atoms with Gasteiger partial charge in [0.1, 0.15) is 16.6 Å². The third-order valence-electron chi connectivity index (χ3n) is 2.60. The van der Waals surface area contributed by atoms with Gasteiger partial charge in [-0.15, -0.1) is 0 Å². The van der Waals surface area contributed by atoms with Crippen LogP contribution in [-0.4, -0.2) is 15.2 Å². The smallest absolute Gasteiger partial charge is 0.142 e. The van der Waals surface area contributed by atoms with Crippen LogP contribution in [0.2, 0.25) is 10.2 Å². The number of halogens is 2. The molecule has 0 amide bonds. The van der Waals surface area contributed by atoms with Crippen LogP contribution in [0, 0.1) is 0 Å². The molecule has 2 heterocycles. The van der Waals surface area contributed by atoms with Crippen LogP contribution in [0.4, 0.5) is 0 Å². The summed E-state index contributed by atoms with van der Waals surface area (Å²) in [7, 11) is 0. The number of aliphatic hydroxyl groups excluding tert-OH is 1. The Kier molecular flexibility index (Phi) is 4.22. The predicted octanol–water partition coefficient (Wildman–Crippen LogP) is 3.49. The highest BCUT2D eigenvalue weighted by Gasteiger charge is 2.21. The Morgan fingerprint density at radius 1 is 1.39 bits per heavy atom. The molecule has 0 fully saturated rings. The lowest BCUT2D eigenvalue weighted by molar-refractivity contribution is 0.277. The molecule has 0 aromatic carbocycles. The maximum absolute atomic E-state index is 9.45. The van der Waals surface area contributed by atoms with E-state index in [1.807, 2.05) is 6.92 Å². The van der Waals surface area contributed by atoms with E-state index in [2.05, 4.69) is 10.1 Å². The van der Waals surface area contributed by atoms with Crippen molar-refractivity contribution in [1.29, 1.82) is 0 Å². The number of aromatic nitrogens is 2. The highest BCUT2D eigenvalue weighted by molar-refractivity contribution is 6.38. The number of aryl methyl sites for hydroxylation is 1. The predicted molar refractivity (Wildman–Crippen MR) is 69.7 cm³/mol. The maximum Gasteiger partial charge on any atom is 0.142 e. The van der Waals surface area contributed by atoms with Gasteiger partial charge in [-0.3, -0.25) is 0 Å². The molecule has 96 valence electrons. The van der Waals surface area contributed by atoms with Crippen molar-refractivity contribution >= 4 is 23.2 Å². The molecule has 0 unspecified atom stereocenters. The molecule has 4 nitrogen and oxygen atoms in total. The third-order valence-corrected chi connectivity index (χ3v) is 3.20. The molecule has 0 spiro atoms. The summed E-state index contributed by atoms with van der Waals surface area (Å²) in [4.78, 5) is 3.96. The van der Waals surface area contributed by atoms with Crippen LogP contribution in [0.15, 0.2) is 16.8 Å². The van der Waals surface area contributed by atoms with Crippen LogP contribution in [0.5, 0.6) is 0 Å². The fraction of sp³-hybridized carbons (Fsp3) is 0.333. The minimum Gasteiger partial charge on any atom is -0.391 e. The Balaban J connectivity index is 2.57. The summed E-state index contributed by atoms with van der Waals surface area (Å²) in [5.41, 5.74) is 1.58. The molecule has 0 aliphatic heterocycles. The molecular formula is C12H12Cl2N2O2. The number of aliphatic hydroxyl groups is 1. The first-order valence-corrected chi connectivity index (χ1v) is 6.33. The second kappa shape index (κ2) is 5.69. The van der Waals surface area contributed by atoms with Crippen LogP contribution >= 0.6 is 23.2 Å². The Labute approximate surface area is 115 Å². The molecule has 0 saturated heterocycles. The maximum atomic E-state index is 9.45. The molecule has 0 saturated carbocycles. The highest BCUT2D eigenvalue weighted by Crippen LogP contribution is 2.35. The number of rotatable bonds is 4. The van der Waals surface area contributed by atoms with Crippen molar-refractivity contribution in [1.82, 2.24) is 10.1 Å². The minimum atomic E-state index is -0.171. The number of hydrogen-bond acceptors (Lipinski definition) is 4. The molecule has 1 N–H and O–H groups in total. The van der Waals surface area contributed by atoms with E-state index in [0.717, 1.165) is 6.42 Å². The standard InChI is InChI=1S/C12H12Cl2N2O2/c1-2-3-9-7(6-17)11(16-18-9)10-8(13)4-5-15-12(10)14/h4-5,17H,2-3,6H2,1H3. The Morgan fingerprint density at radius 2 is 2.17 bits per heavy atom. The van der Waals surface area contributed by atoms with Crippen LogP contribution in [0.1, 0.15) is 24.7 Å². The summed E-state index contributed by atoms with van der Waals surface area (Å²) in [6, 6.07) is 1.62. The highest BCUT2D eigenvalue weighted by atomic mass is 35.5. The third kappa shape index (κ3) is 2.36. The van der Waals surface area contributed by atoms with Gasteiger partial charge in [0.05, 0.1) is 17.2 Å². The van der Waals surface area contributed by atoms with Gasteiger partial charge in [-0.1, -0.05) is 35.3 Å². The van der Waals surface area contributed by atoms with Gasteiger partial charge in [0.25, 0.3) is 0 Å². The zero-order valence-electron chi connectivity index (χ0n) is 9.78. The van der Waals surface area contributed by atoms with E-state index in [4.69, 9.17) is 27.7 Å². The fourth-order valence-corrected chi connectivity index (χ4v) is 2.28. The Hall–Kier alpha value is -1.10. The van der Waals surface area contributed by atoms with Crippen molar-refractivity contribution < 1.29 is 9.63 Å². The van der Waals surface area contributed by atoms with Crippen LogP contribution in [0.3, 0.4) is 0 Å². The van der Waals surface area contributed by atoms with E-state index in [1.54, 1.807) is 6.07 Å². The van der Waals surface area contributed by atoms with Gasteiger partial charge < -0.3 is 9.63 Å². The van der Waals surface area contributed by atoms with Gasteiger partial charge in [0.2, 0.25) is 0 Å². The molecule has 0 bridgehead atoms. The lowest BCUT2D eigenvalue weighted by Crippen LogP contribution is -1.93. The summed E-state index contributed by atoms with van der Waals surface area (Å²) >= 11 is 12.1. The first-order valence-electron chi connectivity index (χ1n) is 5.57. The van der Waals surface area contributed by atoms with E-state index in [0.29, 0.717) is 34.0 Å². The molecular weight excluding hydrogens is 275 g/mol. The van der Waals surface area contributed by atoms with E-state index in [1.165, 1.54) is 6.20 Å². The van der Waals surface area contributed by atoms with Gasteiger partial charge in [0.15, 0.2) is 0 Å². The van der Waals surface area contributed by atoms with E-state index >= 15 is 0 Å². The van der Waals surface area contributed by atoms with Crippen molar-refractivity contribution in [2.45, 2.75) is 26.4 Å². The molecule has 2 aromatic heterocycles. The lowest BCUT2D eigenvalue weighted by Gasteiger charge is -2.04. The summed E-state index contributed by atoms with van der Waals surface area (Å²) in [6.07, 6.45) is 3.12. The zero-order chi connectivity index (χ0) is 13.1. The van der Waals surface area contributed by atoms with E-state index in [9.17, 15) is 5.11 Å². The summed E-state index contributed by atoms with van der Waals surface area (Å²) in [5, 5.41) is 14.1. The SMILES string of the molecule is CCCc1onc(-c2c(Cl)ccnc2Cl)c1CO. The second-order valence-electron chi connectivity index (χ2n) is 3.80. The molecule has 2 rings (SSSR count). The molecule has 0 atom stereocenters. The number of hydrogen-bond donors (Lipinski definition) is 1. The van der Waals surface area contributed by atoms with Gasteiger partial charge in [-0.2, -0.15) is 0 Å². The second-order valence-corrected chi connectivity index (χ2v) is 4.56. The normalized spacial score (nSPS) is 10.9. The summed E-state index contributed by atoms with van der Waals surface area (Å²) in [6.45, 7) is 1.85. The van der Waals surface area contributed by atoms with Crippen molar-refractivity contribution in [3.05, 3.63) is 33.8 Å². The van der Waals surface area contributed by atoms with Crippen molar-refractivity contribution in [3.8, 4) is 11.3 Å². The van der Waals surface area contributed by atoms with Gasteiger partial charge >= 0.3 is 0 Å². The first kappa shape index (κ1) is 13.3. The number of pyridine rings is 1. The van der Waals surface area contributed by atoms with Crippen molar-refractivity contribution in [3.63, 3.8) is 0 Å². The van der Waals surface area contributed by atoms with Crippen molar-refractivity contribution in [2.24, 2.45) is 0 Å². The lowest BCUT2D eigenvalue weighted by atomic mass is 10.1. The van der Waals surface area contributed by atoms with Gasteiger partial charge in [-0.25, -0.2) is 4.98 Å². The van der Waals surface area contributed by atoms with Gasteiger partial charge in [0, 0.05) is 18.2 Å². The van der Waals surface area contributed by atoms with Crippen LogP contribution in [0.25, 0.3) is 11.3 Å². The van der Waals surface area contributed by atoms with Crippen LogP contribution < -0.4 is 0 Å². The summed E-state index contributed by atoms with van der Waals surface area (Å²) in [5.74, 6) is 0.658. The molecule has 0 aliphatic carbocycles. The molecule has 6 heteroatoms. The van der Waals surface area contributed by atoms with Crippen molar-refractivity contribution in [2.75, 3.05) is 0 Å². The quantitative estimate of drug-likeness (QED) is 0.874. The van der Waals surface area contributed by atoms with E-state index < -0.39 is 0 Å².